The Labute approximate surface area is 149 Å². The Morgan fingerprint density at radius 2 is 1.84 bits per heavy atom. The van der Waals surface area contributed by atoms with Gasteiger partial charge in [0.1, 0.15) is 0 Å². The highest BCUT2D eigenvalue weighted by Crippen LogP contribution is 2.21. The third-order valence-electron chi connectivity index (χ3n) is 4.89. The molecule has 1 fully saturated rings. The summed E-state index contributed by atoms with van der Waals surface area (Å²) in [7, 11) is 0. The summed E-state index contributed by atoms with van der Waals surface area (Å²) in [4.78, 5) is 12.7. The van der Waals surface area contributed by atoms with Crippen LogP contribution < -0.4 is 10.6 Å². The number of benzene rings is 1. The second-order valence-electron chi connectivity index (χ2n) is 7.07. The zero-order valence-corrected chi connectivity index (χ0v) is 15.5. The number of amides is 1. The lowest BCUT2D eigenvalue weighted by Crippen LogP contribution is -2.31. The first-order chi connectivity index (χ1) is 12.0. The van der Waals surface area contributed by atoms with Crippen LogP contribution in [0.2, 0.25) is 0 Å². The molecule has 0 radical (unpaired) electrons. The predicted octanol–water partition coefficient (Wildman–Crippen LogP) is 2.62. The fourth-order valence-electron chi connectivity index (χ4n) is 3.56. The smallest absolute Gasteiger partial charge is 0.274 e. The number of hydrogen-bond acceptors (Lipinski definition) is 4. The Morgan fingerprint density at radius 1 is 1.20 bits per heavy atom. The molecule has 1 aromatic heterocycles. The van der Waals surface area contributed by atoms with Crippen LogP contribution in [0.1, 0.15) is 64.7 Å². The van der Waals surface area contributed by atoms with E-state index in [1.165, 1.54) is 11.1 Å². The summed E-state index contributed by atoms with van der Waals surface area (Å²) < 4.78 is 1.91. The fraction of sp³-hybridized carbons (Fsp3) is 0.526. The highest BCUT2D eigenvalue weighted by atomic mass is 16.2. The van der Waals surface area contributed by atoms with Gasteiger partial charge in [0.05, 0.1) is 17.8 Å². The van der Waals surface area contributed by atoms with Crippen molar-refractivity contribution in [1.82, 2.24) is 25.6 Å². The summed E-state index contributed by atoms with van der Waals surface area (Å²) in [6.45, 7) is 10.0. The lowest BCUT2D eigenvalue weighted by Gasteiger charge is -2.23. The molecule has 2 aromatic rings. The van der Waals surface area contributed by atoms with E-state index in [0.29, 0.717) is 11.7 Å². The van der Waals surface area contributed by atoms with Crippen LogP contribution in [-0.2, 0) is 0 Å². The van der Waals surface area contributed by atoms with Crippen LogP contribution in [0.15, 0.2) is 18.2 Å². The van der Waals surface area contributed by atoms with E-state index in [1.807, 2.05) is 18.5 Å². The lowest BCUT2D eigenvalue weighted by molar-refractivity contribution is 0.0934. The number of aryl methyl sites for hydroxylation is 2. The second-order valence-corrected chi connectivity index (χ2v) is 7.07. The molecule has 25 heavy (non-hydrogen) atoms. The Morgan fingerprint density at radius 3 is 2.48 bits per heavy atom. The molecule has 1 amide bonds. The molecule has 2 heterocycles. The first-order valence-electron chi connectivity index (χ1n) is 8.97. The minimum absolute atomic E-state index is 0.0745. The maximum atomic E-state index is 12.7. The first-order valence-corrected chi connectivity index (χ1v) is 8.97. The van der Waals surface area contributed by atoms with Gasteiger partial charge < -0.3 is 10.6 Å². The quantitative estimate of drug-likeness (QED) is 0.897. The van der Waals surface area contributed by atoms with E-state index in [0.717, 1.165) is 37.2 Å². The van der Waals surface area contributed by atoms with Gasteiger partial charge in [0, 0.05) is 0 Å². The van der Waals surface area contributed by atoms with Gasteiger partial charge in [-0.05, 0) is 59.2 Å². The molecule has 1 aromatic carbocycles. The zero-order valence-electron chi connectivity index (χ0n) is 15.5. The van der Waals surface area contributed by atoms with Crippen molar-refractivity contribution in [1.29, 1.82) is 0 Å². The molecule has 1 unspecified atom stereocenters. The van der Waals surface area contributed by atoms with Crippen molar-refractivity contribution >= 4 is 5.91 Å². The Hall–Kier alpha value is -2.21. The van der Waals surface area contributed by atoms with E-state index in [-0.39, 0.29) is 11.9 Å². The number of nitrogens with one attached hydrogen (secondary N) is 2. The van der Waals surface area contributed by atoms with Gasteiger partial charge in [-0.25, -0.2) is 4.68 Å². The molecule has 1 aliphatic heterocycles. The van der Waals surface area contributed by atoms with E-state index >= 15 is 0 Å². The summed E-state index contributed by atoms with van der Waals surface area (Å²) >= 11 is 0. The van der Waals surface area contributed by atoms with Crippen LogP contribution in [0.3, 0.4) is 0 Å². The van der Waals surface area contributed by atoms with Gasteiger partial charge in [-0.1, -0.05) is 34.5 Å². The summed E-state index contributed by atoms with van der Waals surface area (Å²) in [6, 6.07) is 6.60. The molecule has 6 nitrogen and oxygen atoms in total. The van der Waals surface area contributed by atoms with Gasteiger partial charge in [-0.3, -0.25) is 4.79 Å². The minimum Gasteiger partial charge on any atom is -0.344 e. The van der Waals surface area contributed by atoms with Crippen molar-refractivity contribution in [2.24, 2.45) is 0 Å². The largest absolute Gasteiger partial charge is 0.344 e. The summed E-state index contributed by atoms with van der Waals surface area (Å²) in [6.07, 6.45) is 2.04. The van der Waals surface area contributed by atoms with Gasteiger partial charge in [0.15, 0.2) is 5.69 Å². The van der Waals surface area contributed by atoms with Gasteiger partial charge in [-0.2, -0.15) is 0 Å². The molecule has 6 heteroatoms. The van der Waals surface area contributed by atoms with E-state index in [9.17, 15) is 4.79 Å². The van der Waals surface area contributed by atoms with Crippen LogP contribution in [-0.4, -0.2) is 34.0 Å². The van der Waals surface area contributed by atoms with Crippen LogP contribution >= 0.6 is 0 Å². The van der Waals surface area contributed by atoms with Crippen molar-refractivity contribution in [3.05, 3.63) is 46.3 Å². The second kappa shape index (κ2) is 7.35. The molecule has 0 bridgehead atoms. The van der Waals surface area contributed by atoms with Gasteiger partial charge in [0.2, 0.25) is 0 Å². The third-order valence-corrected chi connectivity index (χ3v) is 4.89. The SMILES string of the molecule is Cc1cc(C)cc(C(C)NC(=O)c2nnn(C3CCNCC3)c2C)c1. The van der Waals surface area contributed by atoms with Crippen molar-refractivity contribution < 1.29 is 4.79 Å². The van der Waals surface area contributed by atoms with E-state index in [1.54, 1.807) is 0 Å². The van der Waals surface area contributed by atoms with Crippen molar-refractivity contribution in [3.63, 3.8) is 0 Å². The molecular weight excluding hydrogens is 314 g/mol. The van der Waals surface area contributed by atoms with E-state index in [4.69, 9.17) is 0 Å². The molecule has 0 aliphatic carbocycles. The standard InChI is InChI=1S/C19H27N5O/c1-12-9-13(2)11-16(10-12)14(3)21-19(25)18-15(4)24(23-22-18)17-5-7-20-8-6-17/h9-11,14,17,20H,5-8H2,1-4H3,(H,21,25). The number of carbonyl (C=O) groups excluding carboxylic acids is 1. The Balaban J connectivity index is 1.73. The number of piperidine rings is 1. The molecule has 134 valence electrons. The molecule has 1 saturated heterocycles. The summed E-state index contributed by atoms with van der Waals surface area (Å²) in [5.74, 6) is -0.163. The van der Waals surface area contributed by atoms with Crippen LogP contribution in [0, 0.1) is 20.8 Å². The lowest BCUT2D eigenvalue weighted by atomic mass is 10.0. The number of nitrogens with zero attached hydrogens (tertiary/aromatic N) is 3. The van der Waals surface area contributed by atoms with Gasteiger partial charge >= 0.3 is 0 Å². The Bertz CT molecular complexity index is 741. The maximum Gasteiger partial charge on any atom is 0.274 e. The molecule has 3 rings (SSSR count). The van der Waals surface area contributed by atoms with Crippen molar-refractivity contribution in [2.75, 3.05) is 13.1 Å². The fourth-order valence-corrected chi connectivity index (χ4v) is 3.56. The normalized spacial score (nSPS) is 16.6. The number of carbonyl (C=O) groups is 1. The first kappa shape index (κ1) is 17.6. The highest BCUT2D eigenvalue weighted by molar-refractivity contribution is 5.93. The highest BCUT2D eigenvalue weighted by Gasteiger charge is 2.23. The zero-order chi connectivity index (χ0) is 18.0. The van der Waals surface area contributed by atoms with Gasteiger partial charge in [-0.15, -0.1) is 5.10 Å². The Kier molecular flexibility index (Phi) is 5.18. The minimum atomic E-state index is -0.163. The summed E-state index contributed by atoms with van der Waals surface area (Å²) in [5, 5.41) is 14.8. The molecule has 1 atom stereocenters. The molecular formula is C19H27N5O. The average Bonchev–Trinajstić information content (AvgIpc) is 2.96. The van der Waals surface area contributed by atoms with E-state index < -0.39 is 0 Å². The number of hydrogen-bond donors (Lipinski definition) is 2. The maximum absolute atomic E-state index is 12.7. The van der Waals surface area contributed by atoms with Crippen molar-refractivity contribution in [2.45, 2.75) is 52.6 Å². The van der Waals surface area contributed by atoms with Crippen LogP contribution in [0.5, 0.6) is 0 Å². The number of aromatic nitrogens is 3. The molecule has 0 saturated carbocycles. The van der Waals surface area contributed by atoms with E-state index in [2.05, 4.69) is 53.0 Å². The topological polar surface area (TPSA) is 71.8 Å². The van der Waals surface area contributed by atoms with Gasteiger partial charge in [0.25, 0.3) is 5.91 Å². The summed E-state index contributed by atoms with van der Waals surface area (Å²) in [5.41, 5.74) is 4.77. The van der Waals surface area contributed by atoms with Crippen LogP contribution in [0.4, 0.5) is 0 Å². The van der Waals surface area contributed by atoms with Crippen molar-refractivity contribution in [3.8, 4) is 0 Å². The molecule has 2 N–H and O–H groups in total. The predicted molar refractivity (Wildman–Crippen MR) is 97.7 cm³/mol. The third kappa shape index (κ3) is 3.90. The van der Waals surface area contributed by atoms with Crippen LogP contribution in [0.25, 0.3) is 0 Å². The monoisotopic (exact) mass is 341 g/mol. The average molecular weight is 341 g/mol. The molecule has 1 aliphatic rings. The number of rotatable bonds is 4. The molecule has 0 spiro atoms.